The molecule has 0 unspecified atom stereocenters. The maximum atomic E-state index is 11.6. The van der Waals surface area contributed by atoms with Gasteiger partial charge in [-0.15, -0.1) is 0 Å². The number of ether oxygens (including phenoxy) is 1. The third-order valence-electron chi connectivity index (χ3n) is 4.61. The highest BCUT2D eigenvalue weighted by Crippen LogP contribution is 2.24. The molecule has 8 nitrogen and oxygen atoms in total. The zero-order valence-electron chi connectivity index (χ0n) is 16.6. The molecule has 0 amide bonds. The van der Waals surface area contributed by atoms with E-state index in [9.17, 15) is 8.42 Å². The van der Waals surface area contributed by atoms with Gasteiger partial charge in [0.05, 0.1) is 18.0 Å². The summed E-state index contributed by atoms with van der Waals surface area (Å²) in [7, 11) is -1.85. The average molecular weight is 417 g/mol. The van der Waals surface area contributed by atoms with Gasteiger partial charge in [0.25, 0.3) is 0 Å². The predicted octanol–water partition coefficient (Wildman–Crippen LogP) is 2.98. The summed E-state index contributed by atoms with van der Waals surface area (Å²) in [5, 5.41) is 9.27. The summed E-state index contributed by atoms with van der Waals surface area (Å²) in [6.45, 7) is 4.91. The molecular formula is C20H24N4O4S. The molecule has 1 atom stereocenters. The molecule has 2 N–H and O–H groups in total. The van der Waals surface area contributed by atoms with Crippen LogP contribution < -0.4 is 9.88 Å². The second-order valence-corrected chi connectivity index (χ2v) is 8.24. The summed E-state index contributed by atoms with van der Waals surface area (Å²) in [5.74, 6) is 1.75. The van der Waals surface area contributed by atoms with Gasteiger partial charge < -0.3 is 9.26 Å². The molecule has 0 fully saturated rings. The highest BCUT2D eigenvalue weighted by atomic mass is 32.2. The van der Waals surface area contributed by atoms with Crippen molar-refractivity contribution < 1.29 is 17.7 Å². The van der Waals surface area contributed by atoms with E-state index in [1.807, 2.05) is 56.1 Å². The molecule has 0 bridgehead atoms. The smallest absolute Gasteiger partial charge is 0.241 e. The normalized spacial score (nSPS) is 12.9. The minimum Gasteiger partial charge on any atom is -0.494 e. The average Bonchev–Trinajstić information content (AvgIpc) is 3.16. The standard InChI is InChI=1S/C20H24N4O4S/c1-4-27-17-10-8-15(9-11-17)20-22-19(28-23-20)13-24(3)14(2)16-6-5-7-18(12-16)29(21,25)26/h5-12,14H,4,13H2,1-3H3,(H2,21,25,26)/t14-/m0/s1. The van der Waals surface area contributed by atoms with E-state index >= 15 is 0 Å². The van der Waals surface area contributed by atoms with Gasteiger partial charge in [-0.3, -0.25) is 4.90 Å². The number of nitrogens with zero attached hydrogens (tertiary/aromatic N) is 3. The second kappa shape index (κ2) is 8.73. The van der Waals surface area contributed by atoms with E-state index in [0.29, 0.717) is 24.9 Å². The Morgan fingerprint density at radius 2 is 1.93 bits per heavy atom. The molecule has 0 aliphatic heterocycles. The number of sulfonamides is 1. The first-order chi connectivity index (χ1) is 13.8. The number of rotatable bonds is 8. The molecule has 3 aromatic rings. The lowest BCUT2D eigenvalue weighted by atomic mass is 10.1. The molecule has 1 aromatic heterocycles. The van der Waals surface area contributed by atoms with Crippen LogP contribution in [0, 0.1) is 0 Å². The fraction of sp³-hybridized carbons (Fsp3) is 0.300. The van der Waals surface area contributed by atoms with Crippen LogP contribution in [-0.4, -0.2) is 37.1 Å². The number of nitrogens with two attached hydrogens (primary N) is 1. The van der Waals surface area contributed by atoms with E-state index in [4.69, 9.17) is 14.4 Å². The molecular weight excluding hydrogens is 392 g/mol. The highest BCUT2D eigenvalue weighted by Gasteiger charge is 2.18. The molecule has 2 aromatic carbocycles. The van der Waals surface area contributed by atoms with Gasteiger partial charge in [0.2, 0.25) is 21.7 Å². The van der Waals surface area contributed by atoms with Crippen LogP contribution in [0.1, 0.15) is 31.3 Å². The van der Waals surface area contributed by atoms with Gasteiger partial charge in [0.1, 0.15) is 5.75 Å². The molecule has 0 saturated heterocycles. The first-order valence-corrected chi connectivity index (χ1v) is 10.7. The number of benzene rings is 2. The molecule has 0 aliphatic rings. The zero-order chi connectivity index (χ0) is 21.0. The monoisotopic (exact) mass is 416 g/mol. The number of aromatic nitrogens is 2. The van der Waals surface area contributed by atoms with Crippen LogP contribution in [0.15, 0.2) is 57.9 Å². The first-order valence-electron chi connectivity index (χ1n) is 9.16. The van der Waals surface area contributed by atoms with Crippen LogP contribution >= 0.6 is 0 Å². The SMILES string of the molecule is CCOc1ccc(-c2noc(CN(C)[C@@H](C)c3cccc(S(N)(=O)=O)c3)n2)cc1. The van der Waals surface area contributed by atoms with Gasteiger partial charge in [0.15, 0.2) is 0 Å². The number of hydrogen-bond donors (Lipinski definition) is 1. The van der Waals surface area contributed by atoms with E-state index in [0.717, 1.165) is 16.9 Å². The summed E-state index contributed by atoms with van der Waals surface area (Å²) in [6.07, 6.45) is 0. The van der Waals surface area contributed by atoms with E-state index in [-0.39, 0.29) is 10.9 Å². The molecule has 0 aliphatic carbocycles. The highest BCUT2D eigenvalue weighted by molar-refractivity contribution is 7.89. The first kappa shape index (κ1) is 21.0. The van der Waals surface area contributed by atoms with Crippen LogP contribution in [0.4, 0.5) is 0 Å². The molecule has 0 radical (unpaired) electrons. The Morgan fingerprint density at radius 1 is 1.21 bits per heavy atom. The van der Waals surface area contributed by atoms with Gasteiger partial charge in [0, 0.05) is 11.6 Å². The van der Waals surface area contributed by atoms with Gasteiger partial charge >= 0.3 is 0 Å². The quantitative estimate of drug-likeness (QED) is 0.601. The third-order valence-corrected chi connectivity index (χ3v) is 5.52. The Kier molecular flexibility index (Phi) is 6.31. The van der Waals surface area contributed by atoms with Gasteiger partial charge in [-0.25, -0.2) is 13.6 Å². The Balaban J connectivity index is 1.70. The summed E-state index contributed by atoms with van der Waals surface area (Å²) < 4.78 is 34.0. The Bertz CT molecular complexity index is 1060. The third kappa shape index (κ3) is 5.20. The van der Waals surface area contributed by atoms with Gasteiger partial charge in [-0.2, -0.15) is 4.98 Å². The fourth-order valence-corrected chi connectivity index (χ4v) is 3.43. The summed E-state index contributed by atoms with van der Waals surface area (Å²) in [5.41, 5.74) is 1.66. The lowest BCUT2D eigenvalue weighted by molar-refractivity contribution is 0.216. The van der Waals surface area contributed by atoms with E-state index in [1.54, 1.807) is 12.1 Å². The van der Waals surface area contributed by atoms with Crippen molar-refractivity contribution in [2.24, 2.45) is 5.14 Å². The van der Waals surface area contributed by atoms with Crippen molar-refractivity contribution in [1.82, 2.24) is 15.0 Å². The maximum Gasteiger partial charge on any atom is 0.241 e. The Labute approximate surface area is 170 Å². The minimum atomic E-state index is -3.75. The Hall–Kier alpha value is -2.75. The van der Waals surface area contributed by atoms with Crippen LogP contribution in [-0.2, 0) is 16.6 Å². The minimum absolute atomic E-state index is 0.0856. The molecule has 9 heteroatoms. The number of primary sulfonamides is 1. The van der Waals surface area contributed by atoms with Gasteiger partial charge in [-0.1, -0.05) is 17.3 Å². The van der Waals surface area contributed by atoms with Crippen molar-refractivity contribution in [3.8, 4) is 17.1 Å². The van der Waals surface area contributed by atoms with Crippen molar-refractivity contribution >= 4 is 10.0 Å². The summed E-state index contributed by atoms with van der Waals surface area (Å²) in [6, 6.07) is 14.0. The molecule has 0 saturated carbocycles. The second-order valence-electron chi connectivity index (χ2n) is 6.68. The van der Waals surface area contributed by atoms with Crippen LogP contribution in [0.2, 0.25) is 0 Å². The van der Waals surface area contributed by atoms with E-state index in [2.05, 4.69) is 10.1 Å². The van der Waals surface area contributed by atoms with Crippen LogP contribution in [0.5, 0.6) is 5.75 Å². The van der Waals surface area contributed by atoms with Crippen molar-refractivity contribution in [2.45, 2.75) is 31.3 Å². The van der Waals surface area contributed by atoms with Crippen molar-refractivity contribution in [1.29, 1.82) is 0 Å². The molecule has 154 valence electrons. The zero-order valence-corrected chi connectivity index (χ0v) is 17.4. The molecule has 1 heterocycles. The lowest BCUT2D eigenvalue weighted by Gasteiger charge is -2.23. The molecule has 0 spiro atoms. The molecule has 29 heavy (non-hydrogen) atoms. The van der Waals surface area contributed by atoms with Crippen molar-refractivity contribution in [2.75, 3.05) is 13.7 Å². The van der Waals surface area contributed by atoms with Crippen molar-refractivity contribution in [3.05, 3.63) is 60.0 Å². The summed E-state index contributed by atoms with van der Waals surface area (Å²) >= 11 is 0. The lowest BCUT2D eigenvalue weighted by Crippen LogP contribution is -2.22. The van der Waals surface area contributed by atoms with Crippen LogP contribution in [0.3, 0.4) is 0 Å². The van der Waals surface area contributed by atoms with Gasteiger partial charge in [-0.05, 0) is 62.9 Å². The predicted molar refractivity (Wildman–Crippen MR) is 109 cm³/mol. The van der Waals surface area contributed by atoms with E-state index in [1.165, 1.54) is 6.07 Å². The largest absolute Gasteiger partial charge is 0.494 e. The Morgan fingerprint density at radius 3 is 2.59 bits per heavy atom. The summed E-state index contributed by atoms with van der Waals surface area (Å²) in [4.78, 5) is 6.53. The maximum absolute atomic E-state index is 11.6. The van der Waals surface area contributed by atoms with E-state index < -0.39 is 10.0 Å². The van der Waals surface area contributed by atoms with Crippen LogP contribution in [0.25, 0.3) is 11.4 Å². The van der Waals surface area contributed by atoms with Crippen molar-refractivity contribution in [3.63, 3.8) is 0 Å². The fourth-order valence-electron chi connectivity index (χ4n) is 2.86. The number of hydrogen-bond acceptors (Lipinski definition) is 7. The topological polar surface area (TPSA) is 112 Å². The molecule has 3 rings (SSSR count).